The summed E-state index contributed by atoms with van der Waals surface area (Å²) < 4.78 is 0. The lowest BCUT2D eigenvalue weighted by atomic mass is 9.88. The van der Waals surface area contributed by atoms with Crippen LogP contribution in [0.25, 0.3) is 0 Å². The van der Waals surface area contributed by atoms with E-state index in [1.54, 1.807) is 6.07 Å². The van der Waals surface area contributed by atoms with E-state index in [9.17, 15) is 5.11 Å². The minimum absolute atomic E-state index is 0. The van der Waals surface area contributed by atoms with Crippen LogP contribution in [0.3, 0.4) is 0 Å². The number of phenolic OH excluding ortho intramolecular Hbond substituents is 1. The van der Waals surface area contributed by atoms with Gasteiger partial charge in [-0.05, 0) is 37.1 Å². The minimum Gasteiger partial charge on any atom is -0.508 e. The molecule has 0 radical (unpaired) electrons. The van der Waals surface area contributed by atoms with Gasteiger partial charge in [-0.25, -0.2) is 0 Å². The molecule has 1 unspecified atom stereocenters. The molecular weight excluding hydrogens is 342 g/mol. The van der Waals surface area contributed by atoms with Gasteiger partial charge in [0.05, 0.1) is 0 Å². The fourth-order valence-corrected chi connectivity index (χ4v) is 3.30. The number of rotatable bonds is 7. The first-order chi connectivity index (χ1) is 12.3. The Balaban J connectivity index is 0.00000243. The molecule has 0 saturated carbocycles. The third-order valence-electron chi connectivity index (χ3n) is 4.69. The number of nitrogens with one attached hydrogen (secondary N) is 1. The summed E-state index contributed by atoms with van der Waals surface area (Å²) in [5.74, 6) is 0.719. The Hall–Kier alpha value is -2.29. The van der Waals surface area contributed by atoms with Gasteiger partial charge in [-0.3, -0.25) is 0 Å². The van der Waals surface area contributed by atoms with Gasteiger partial charge in [-0.15, -0.1) is 12.4 Å². The third kappa shape index (κ3) is 5.10. The van der Waals surface area contributed by atoms with Crippen LogP contribution in [0.2, 0.25) is 0 Å². The Morgan fingerprint density at radius 3 is 1.81 bits per heavy atom. The van der Waals surface area contributed by atoms with E-state index in [2.05, 4.69) is 72.9 Å². The quantitative estimate of drug-likeness (QED) is 0.562. The smallest absolute Gasteiger partial charge is 0.120 e. The SMILES string of the molecule is CC(NCCC(c1ccccc1)c1ccccc1)c1ccccc1O.Cl. The second kappa shape index (κ2) is 10.0. The lowest BCUT2D eigenvalue weighted by Gasteiger charge is -2.21. The minimum atomic E-state index is 0. The van der Waals surface area contributed by atoms with Gasteiger partial charge >= 0.3 is 0 Å². The van der Waals surface area contributed by atoms with Crippen LogP contribution in [0.4, 0.5) is 0 Å². The fraction of sp³-hybridized carbons (Fsp3) is 0.217. The molecule has 0 amide bonds. The Labute approximate surface area is 162 Å². The zero-order valence-corrected chi connectivity index (χ0v) is 15.8. The van der Waals surface area contributed by atoms with Gasteiger partial charge in [0.2, 0.25) is 0 Å². The molecule has 0 aliphatic rings. The first-order valence-corrected chi connectivity index (χ1v) is 8.87. The number of hydrogen-bond donors (Lipinski definition) is 2. The number of benzene rings is 3. The predicted octanol–water partition coefficient (Wildman–Crippen LogP) is 5.69. The van der Waals surface area contributed by atoms with Crippen LogP contribution < -0.4 is 5.32 Å². The monoisotopic (exact) mass is 367 g/mol. The normalized spacial score (nSPS) is 11.8. The van der Waals surface area contributed by atoms with Gasteiger partial charge in [0.1, 0.15) is 5.75 Å². The Kier molecular flexibility index (Phi) is 7.71. The molecule has 0 heterocycles. The summed E-state index contributed by atoms with van der Waals surface area (Å²) in [6.07, 6.45) is 1.01. The zero-order chi connectivity index (χ0) is 17.5. The topological polar surface area (TPSA) is 32.3 Å². The molecule has 0 aliphatic carbocycles. The van der Waals surface area contributed by atoms with Crippen LogP contribution >= 0.6 is 12.4 Å². The lowest BCUT2D eigenvalue weighted by molar-refractivity contribution is 0.450. The van der Waals surface area contributed by atoms with E-state index in [1.807, 2.05) is 18.2 Å². The maximum absolute atomic E-state index is 10.0. The Bertz CT molecular complexity index is 737. The van der Waals surface area contributed by atoms with Crippen molar-refractivity contribution in [3.63, 3.8) is 0 Å². The van der Waals surface area contributed by atoms with Gasteiger partial charge in [-0.2, -0.15) is 0 Å². The summed E-state index contributed by atoms with van der Waals surface area (Å²) in [7, 11) is 0. The summed E-state index contributed by atoms with van der Waals surface area (Å²) in [6.45, 7) is 2.97. The van der Waals surface area contributed by atoms with Crippen molar-refractivity contribution in [2.45, 2.75) is 25.3 Å². The van der Waals surface area contributed by atoms with Crippen molar-refractivity contribution >= 4 is 12.4 Å². The molecule has 2 N–H and O–H groups in total. The largest absolute Gasteiger partial charge is 0.508 e. The number of phenols is 1. The van der Waals surface area contributed by atoms with E-state index in [4.69, 9.17) is 0 Å². The van der Waals surface area contributed by atoms with Crippen LogP contribution in [-0.4, -0.2) is 11.7 Å². The van der Waals surface area contributed by atoms with Crippen molar-refractivity contribution in [3.8, 4) is 5.75 Å². The average Bonchev–Trinajstić information content (AvgIpc) is 2.67. The van der Waals surface area contributed by atoms with E-state index in [0.29, 0.717) is 11.7 Å². The maximum atomic E-state index is 10.0. The molecule has 3 aromatic carbocycles. The summed E-state index contributed by atoms with van der Waals surface area (Å²) >= 11 is 0. The molecular formula is C23H26ClNO. The first-order valence-electron chi connectivity index (χ1n) is 8.87. The Morgan fingerprint density at radius 2 is 1.27 bits per heavy atom. The summed E-state index contributed by atoms with van der Waals surface area (Å²) in [5.41, 5.74) is 3.62. The number of halogens is 1. The standard InChI is InChI=1S/C23H25NO.ClH/c1-18(21-14-8-9-15-23(21)25)24-17-16-22(19-10-4-2-5-11-19)20-12-6-3-7-13-20;/h2-15,18,22,24-25H,16-17H2,1H3;1H. The maximum Gasteiger partial charge on any atom is 0.120 e. The van der Waals surface area contributed by atoms with E-state index in [1.165, 1.54) is 11.1 Å². The van der Waals surface area contributed by atoms with Gasteiger partial charge < -0.3 is 10.4 Å². The van der Waals surface area contributed by atoms with Gasteiger partial charge in [-0.1, -0.05) is 78.9 Å². The molecule has 26 heavy (non-hydrogen) atoms. The van der Waals surface area contributed by atoms with Crippen LogP contribution in [-0.2, 0) is 0 Å². The molecule has 136 valence electrons. The molecule has 0 fully saturated rings. The summed E-state index contributed by atoms with van der Waals surface area (Å²) in [4.78, 5) is 0. The molecule has 0 spiro atoms. The van der Waals surface area contributed by atoms with Crippen LogP contribution in [0.1, 0.15) is 42.0 Å². The summed E-state index contributed by atoms with van der Waals surface area (Å²) in [5, 5.41) is 13.6. The predicted molar refractivity (Wildman–Crippen MR) is 111 cm³/mol. The van der Waals surface area contributed by atoms with E-state index >= 15 is 0 Å². The van der Waals surface area contributed by atoms with E-state index in [-0.39, 0.29) is 18.4 Å². The van der Waals surface area contributed by atoms with Gasteiger partial charge in [0.15, 0.2) is 0 Å². The van der Waals surface area contributed by atoms with Crippen molar-refractivity contribution in [2.75, 3.05) is 6.54 Å². The number of para-hydroxylation sites is 1. The van der Waals surface area contributed by atoms with Crippen molar-refractivity contribution in [1.82, 2.24) is 5.32 Å². The molecule has 3 aromatic rings. The van der Waals surface area contributed by atoms with Crippen molar-refractivity contribution in [2.24, 2.45) is 0 Å². The fourth-order valence-electron chi connectivity index (χ4n) is 3.30. The van der Waals surface area contributed by atoms with Crippen LogP contribution in [0.15, 0.2) is 84.9 Å². The number of aromatic hydroxyl groups is 1. The molecule has 1 atom stereocenters. The average molecular weight is 368 g/mol. The molecule has 0 bridgehead atoms. The number of hydrogen-bond acceptors (Lipinski definition) is 2. The lowest BCUT2D eigenvalue weighted by Crippen LogP contribution is -2.22. The molecule has 3 heteroatoms. The second-order valence-electron chi connectivity index (χ2n) is 6.40. The van der Waals surface area contributed by atoms with Crippen molar-refractivity contribution in [1.29, 1.82) is 0 Å². The van der Waals surface area contributed by atoms with Crippen LogP contribution in [0, 0.1) is 0 Å². The molecule has 0 saturated heterocycles. The highest BCUT2D eigenvalue weighted by Gasteiger charge is 2.15. The third-order valence-corrected chi connectivity index (χ3v) is 4.69. The highest BCUT2D eigenvalue weighted by Crippen LogP contribution is 2.28. The van der Waals surface area contributed by atoms with Gasteiger partial charge in [0.25, 0.3) is 0 Å². The molecule has 2 nitrogen and oxygen atoms in total. The molecule has 0 aromatic heterocycles. The van der Waals surface area contributed by atoms with Gasteiger partial charge in [0, 0.05) is 17.5 Å². The van der Waals surface area contributed by atoms with Crippen LogP contribution in [0.5, 0.6) is 5.75 Å². The van der Waals surface area contributed by atoms with E-state index in [0.717, 1.165) is 18.5 Å². The van der Waals surface area contributed by atoms with Crippen molar-refractivity contribution < 1.29 is 5.11 Å². The first kappa shape index (κ1) is 20.0. The molecule has 0 aliphatic heterocycles. The molecule has 3 rings (SSSR count). The highest BCUT2D eigenvalue weighted by molar-refractivity contribution is 5.85. The van der Waals surface area contributed by atoms with E-state index < -0.39 is 0 Å². The Morgan fingerprint density at radius 1 is 0.769 bits per heavy atom. The highest BCUT2D eigenvalue weighted by atomic mass is 35.5. The summed E-state index contributed by atoms with van der Waals surface area (Å²) in [6, 6.07) is 29.0. The second-order valence-corrected chi connectivity index (χ2v) is 6.40. The zero-order valence-electron chi connectivity index (χ0n) is 15.0. The van der Waals surface area contributed by atoms with Crippen molar-refractivity contribution in [3.05, 3.63) is 102 Å².